The molecule has 164 valence electrons. The summed E-state index contributed by atoms with van der Waals surface area (Å²) in [6.07, 6.45) is 3.97. The highest BCUT2D eigenvalue weighted by atomic mass is 16.5. The molecule has 0 aliphatic rings. The summed E-state index contributed by atoms with van der Waals surface area (Å²) in [5.41, 5.74) is 4.28. The minimum atomic E-state index is -0.187. The Morgan fingerprint density at radius 1 is 1.00 bits per heavy atom. The molecule has 1 amide bonds. The van der Waals surface area contributed by atoms with Crippen LogP contribution in [-0.4, -0.2) is 29.5 Å². The quantitative estimate of drug-likeness (QED) is 0.453. The fourth-order valence-corrected chi connectivity index (χ4v) is 3.38. The van der Waals surface area contributed by atoms with Crippen LogP contribution in [0.25, 0.3) is 5.65 Å². The molecule has 0 aliphatic heterocycles. The highest BCUT2D eigenvalue weighted by Gasteiger charge is 2.10. The van der Waals surface area contributed by atoms with E-state index in [4.69, 9.17) is 14.2 Å². The molecule has 2 aromatic heterocycles. The van der Waals surface area contributed by atoms with Gasteiger partial charge < -0.3 is 23.9 Å². The second-order valence-corrected chi connectivity index (χ2v) is 7.39. The van der Waals surface area contributed by atoms with E-state index in [1.807, 2.05) is 60.1 Å². The first kappa shape index (κ1) is 21.2. The summed E-state index contributed by atoms with van der Waals surface area (Å²) in [6.45, 7) is 2.72. The molecule has 0 fully saturated rings. The number of hydrogen-bond donors (Lipinski definition) is 1. The maximum atomic E-state index is 12.6. The van der Waals surface area contributed by atoms with Crippen molar-refractivity contribution >= 4 is 11.6 Å². The van der Waals surface area contributed by atoms with E-state index >= 15 is 0 Å². The number of pyridine rings is 1. The fraction of sp³-hybridized carbons (Fsp3) is 0.200. The van der Waals surface area contributed by atoms with Gasteiger partial charge in [0.15, 0.2) is 11.5 Å². The molecule has 0 radical (unpaired) electrons. The predicted octanol–water partition coefficient (Wildman–Crippen LogP) is 4.17. The zero-order chi connectivity index (χ0) is 22.5. The molecule has 1 N–H and O–H groups in total. The van der Waals surface area contributed by atoms with Crippen LogP contribution in [0.3, 0.4) is 0 Å². The predicted molar refractivity (Wildman–Crippen MR) is 121 cm³/mol. The molecular formula is C25H25N3O4. The zero-order valence-electron chi connectivity index (χ0n) is 18.3. The smallest absolute Gasteiger partial charge is 0.251 e. The van der Waals surface area contributed by atoms with Gasteiger partial charge in [-0.1, -0.05) is 18.2 Å². The van der Waals surface area contributed by atoms with Crippen LogP contribution in [0.1, 0.15) is 27.2 Å². The summed E-state index contributed by atoms with van der Waals surface area (Å²) in [7, 11) is 3.17. The third-order valence-corrected chi connectivity index (χ3v) is 5.03. The van der Waals surface area contributed by atoms with Crippen molar-refractivity contribution < 1.29 is 19.0 Å². The molecule has 7 nitrogen and oxygen atoms in total. The van der Waals surface area contributed by atoms with Crippen LogP contribution in [-0.2, 0) is 13.2 Å². The first-order valence-corrected chi connectivity index (χ1v) is 10.2. The summed E-state index contributed by atoms with van der Waals surface area (Å²) in [5.74, 6) is 1.69. The first-order valence-electron chi connectivity index (χ1n) is 10.2. The Balaban J connectivity index is 1.38. The van der Waals surface area contributed by atoms with Crippen LogP contribution >= 0.6 is 0 Å². The molecule has 4 rings (SSSR count). The summed E-state index contributed by atoms with van der Waals surface area (Å²) >= 11 is 0. The van der Waals surface area contributed by atoms with Crippen molar-refractivity contribution in [2.75, 3.05) is 14.2 Å². The second-order valence-electron chi connectivity index (χ2n) is 7.39. The van der Waals surface area contributed by atoms with Gasteiger partial charge >= 0.3 is 0 Å². The molecule has 2 heterocycles. The molecule has 0 saturated heterocycles. The van der Waals surface area contributed by atoms with E-state index in [1.165, 1.54) is 0 Å². The van der Waals surface area contributed by atoms with Crippen LogP contribution < -0.4 is 19.5 Å². The molecule has 4 aromatic rings. The maximum absolute atomic E-state index is 12.6. The third-order valence-electron chi connectivity index (χ3n) is 5.03. The number of amides is 1. The van der Waals surface area contributed by atoms with Crippen LogP contribution in [0.5, 0.6) is 17.2 Å². The van der Waals surface area contributed by atoms with E-state index in [-0.39, 0.29) is 5.91 Å². The van der Waals surface area contributed by atoms with Gasteiger partial charge in [-0.15, -0.1) is 0 Å². The lowest BCUT2D eigenvalue weighted by Crippen LogP contribution is -2.22. The van der Waals surface area contributed by atoms with E-state index in [0.717, 1.165) is 22.5 Å². The van der Waals surface area contributed by atoms with Crippen LogP contribution in [0.2, 0.25) is 0 Å². The number of rotatable bonds is 8. The van der Waals surface area contributed by atoms with Gasteiger partial charge in [0.25, 0.3) is 5.91 Å². The SMILES string of the molecule is COc1ccc(CNC(=O)c2cccc(OCc3cn4cc(C)ccc4n3)c2)cc1OC. The number of carbonyl (C=O) groups is 1. The minimum Gasteiger partial charge on any atom is -0.493 e. The van der Waals surface area contributed by atoms with Gasteiger partial charge in [0.05, 0.1) is 19.9 Å². The maximum Gasteiger partial charge on any atom is 0.251 e. The normalized spacial score (nSPS) is 10.7. The number of nitrogens with one attached hydrogen (secondary N) is 1. The number of nitrogens with zero attached hydrogens (tertiary/aromatic N) is 2. The van der Waals surface area contributed by atoms with Crippen molar-refractivity contribution in [3.63, 3.8) is 0 Å². The summed E-state index contributed by atoms with van der Waals surface area (Å²) in [6, 6.07) is 16.6. The number of benzene rings is 2. The zero-order valence-corrected chi connectivity index (χ0v) is 18.3. The number of methoxy groups -OCH3 is 2. The van der Waals surface area contributed by atoms with Crippen molar-refractivity contribution in [1.29, 1.82) is 0 Å². The standard InChI is InChI=1S/C25H25N3O4/c1-17-7-10-24-27-20(15-28(24)14-17)16-32-21-6-4-5-19(12-21)25(29)26-13-18-8-9-22(30-2)23(11-18)31-3/h4-12,14-15H,13,16H2,1-3H3,(H,26,29). The van der Waals surface area contributed by atoms with Gasteiger partial charge in [-0.3, -0.25) is 4.79 Å². The van der Waals surface area contributed by atoms with Crippen molar-refractivity contribution in [3.05, 3.63) is 89.4 Å². The minimum absolute atomic E-state index is 0.187. The average Bonchev–Trinajstić information content (AvgIpc) is 3.23. The Morgan fingerprint density at radius 3 is 2.66 bits per heavy atom. The van der Waals surface area contributed by atoms with E-state index in [9.17, 15) is 4.79 Å². The lowest BCUT2D eigenvalue weighted by molar-refractivity contribution is 0.0950. The third kappa shape index (κ3) is 4.83. The highest BCUT2D eigenvalue weighted by Crippen LogP contribution is 2.27. The number of aryl methyl sites for hydroxylation is 1. The molecular weight excluding hydrogens is 406 g/mol. The lowest BCUT2D eigenvalue weighted by atomic mass is 10.1. The Hall–Kier alpha value is -4.00. The number of carbonyl (C=O) groups excluding carboxylic acids is 1. The van der Waals surface area contributed by atoms with E-state index in [0.29, 0.717) is 36.0 Å². The fourth-order valence-electron chi connectivity index (χ4n) is 3.38. The molecule has 0 spiro atoms. The number of fused-ring (bicyclic) bond motifs is 1. The van der Waals surface area contributed by atoms with Gasteiger partial charge in [0.2, 0.25) is 0 Å². The lowest BCUT2D eigenvalue weighted by Gasteiger charge is -2.11. The monoisotopic (exact) mass is 431 g/mol. The van der Waals surface area contributed by atoms with Crippen LogP contribution in [0, 0.1) is 6.92 Å². The molecule has 2 aromatic carbocycles. The summed E-state index contributed by atoms with van der Waals surface area (Å²) in [4.78, 5) is 17.2. The molecule has 7 heteroatoms. The molecule has 0 atom stereocenters. The summed E-state index contributed by atoms with van der Waals surface area (Å²) in [5, 5.41) is 2.92. The molecule has 0 saturated carbocycles. The van der Waals surface area contributed by atoms with E-state index < -0.39 is 0 Å². The van der Waals surface area contributed by atoms with Gasteiger partial charge in [0, 0.05) is 24.5 Å². The van der Waals surface area contributed by atoms with Crippen molar-refractivity contribution in [1.82, 2.24) is 14.7 Å². The highest BCUT2D eigenvalue weighted by molar-refractivity contribution is 5.94. The summed E-state index contributed by atoms with van der Waals surface area (Å²) < 4.78 is 18.4. The van der Waals surface area contributed by atoms with E-state index in [2.05, 4.69) is 10.3 Å². The average molecular weight is 431 g/mol. The van der Waals surface area contributed by atoms with Crippen LogP contribution in [0.15, 0.2) is 67.0 Å². The first-order chi connectivity index (χ1) is 15.6. The van der Waals surface area contributed by atoms with E-state index in [1.54, 1.807) is 32.4 Å². The van der Waals surface area contributed by atoms with Gasteiger partial charge in [-0.05, 0) is 54.4 Å². The Labute approximate surface area is 186 Å². The molecule has 0 bridgehead atoms. The Bertz CT molecular complexity index is 1250. The Morgan fingerprint density at radius 2 is 1.84 bits per heavy atom. The second kappa shape index (κ2) is 9.43. The number of aromatic nitrogens is 2. The largest absolute Gasteiger partial charge is 0.493 e. The van der Waals surface area contributed by atoms with Crippen molar-refractivity contribution in [2.24, 2.45) is 0 Å². The molecule has 32 heavy (non-hydrogen) atoms. The van der Waals surface area contributed by atoms with Gasteiger partial charge in [-0.2, -0.15) is 0 Å². The molecule has 0 unspecified atom stereocenters. The van der Waals surface area contributed by atoms with Gasteiger partial charge in [-0.25, -0.2) is 4.98 Å². The Kier molecular flexibility index (Phi) is 6.26. The number of hydrogen-bond acceptors (Lipinski definition) is 5. The van der Waals surface area contributed by atoms with Crippen molar-refractivity contribution in [3.8, 4) is 17.2 Å². The number of imidazole rings is 1. The number of ether oxygens (including phenoxy) is 3. The topological polar surface area (TPSA) is 74.1 Å². The van der Waals surface area contributed by atoms with Crippen LogP contribution in [0.4, 0.5) is 0 Å². The van der Waals surface area contributed by atoms with Crippen molar-refractivity contribution in [2.45, 2.75) is 20.1 Å². The van der Waals surface area contributed by atoms with Gasteiger partial charge in [0.1, 0.15) is 18.0 Å². The molecule has 0 aliphatic carbocycles.